The number of carbonyl (C=O) groups is 4. The van der Waals surface area contributed by atoms with Gasteiger partial charge in [0, 0.05) is 22.9 Å². The van der Waals surface area contributed by atoms with Crippen molar-refractivity contribution in [2.45, 2.75) is 169 Å². The zero-order chi connectivity index (χ0) is 46.2. The number of sulfonamides is 1. The molecule has 3 N–H and O–H groups in total. The van der Waals surface area contributed by atoms with E-state index in [2.05, 4.69) is 41.4 Å². The molecule has 17 heteroatoms. The van der Waals surface area contributed by atoms with Crippen molar-refractivity contribution >= 4 is 56.2 Å². The molecule has 2 fully saturated rings. The highest BCUT2D eigenvalue weighted by Gasteiger charge is 2.62. The Morgan fingerprint density at radius 2 is 1.76 bits per heavy atom. The number of likely N-dealkylation sites (tertiary alicyclic amines) is 1. The second kappa shape index (κ2) is 18.5. The van der Waals surface area contributed by atoms with Crippen LogP contribution in [0.3, 0.4) is 0 Å². The zero-order valence-electron chi connectivity index (χ0n) is 38.8. The number of alkyl carbamates (subject to hydrolysis) is 1. The number of benzene rings is 1. The standard InChI is InChI=1S/C46H67N7O8S2/c1-12-29-25-46(29)41(56)51-63(58,59)23-18-16-14-13-15-17-22-34-35(27(2)3)47-39(62-34)31-20-19-21-32-36(31)48-42(53(32)28(4)5)60-30-24-33(38(54)50-46)52(26-30)40(55)37(44(6,7)8)49-43(57)61-45(9,10)11/h13,15,19-21,27-30,33,37H,12,14,16-18,22-26H2,1-11H3,(H,49,57)(H,50,54)(H,51,56)/t29-,30-,33+,37-,46-/m1/s1. The lowest BCUT2D eigenvalue weighted by Gasteiger charge is -2.36. The molecule has 2 aliphatic heterocycles. The molecule has 1 spiro atoms. The third kappa shape index (κ3) is 10.9. The fraction of sp³-hybridized carbons (Fsp3) is 0.652. The molecule has 63 heavy (non-hydrogen) atoms. The van der Waals surface area contributed by atoms with Gasteiger partial charge in [-0.25, -0.2) is 18.2 Å². The predicted molar refractivity (Wildman–Crippen MR) is 245 cm³/mol. The summed E-state index contributed by atoms with van der Waals surface area (Å²) >= 11 is 1.66. The molecule has 4 heterocycles. The van der Waals surface area contributed by atoms with Crippen molar-refractivity contribution in [3.63, 3.8) is 0 Å². The minimum Gasteiger partial charge on any atom is -0.459 e. The first-order valence-electron chi connectivity index (χ1n) is 22.4. The van der Waals surface area contributed by atoms with E-state index in [1.54, 1.807) is 32.1 Å². The lowest BCUT2D eigenvalue weighted by atomic mass is 9.85. The van der Waals surface area contributed by atoms with E-state index in [9.17, 15) is 27.6 Å². The van der Waals surface area contributed by atoms with E-state index in [1.165, 1.54) is 9.78 Å². The van der Waals surface area contributed by atoms with Crippen LogP contribution in [0.15, 0.2) is 30.4 Å². The van der Waals surface area contributed by atoms with E-state index in [4.69, 9.17) is 19.4 Å². The van der Waals surface area contributed by atoms with Gasteiger partial charge in [-0.1, -0.05) is 66.2 Å². The van der Waals surface area contributed by atoms with E-state index >= 15 is 0 Å². The number of aryl methyl sites for hydroxylation is 1. The number of para-hydroxylation sites is 1. The predicted octanol–water partition coefficient (Wildman–Crippen LogP) is 7.56. The number of nitrogens with one attached hydrogen (secondary N) is 3. The van der Waals surface area contributed by atoms with Crippen LogP contribution in [-0.4, -0.2) is 93.3 Å². The van der Waals surface area contributed by atoms with E-state index in [0.29, 0.717) is 31.7 Å². The summed E-state index contributed by atoms with van der Waals surface area (Å²) in [4.78, 5) is 69.5. The van der Waals surface area contributed by atoms with Crippen LogP contribution < -0.4 is 20.1 Å². The average molecular weight is 910 g/mol. The smallest absolute Gasteiger partial charge is 0.408 e. The number of imidazole rings is 1. The molecule has 346 valence electrons. The molecule has 1 saturated carbocycles. The van der Waals surface area contributed by atoms with Crippen LogP contribution in [0.2, 0.25) is 0 Å². The molecule has 15 nitrogen and oxygen atoms in total. The van der Waals surface area contributed by atoms with Crippen LogP contribution in [-0.2, 0) is 35.6 Å². The van der Waals surface area contributed by atoms with Gasteiger partial charge in [-0.15, -0.1) is 11.3 Å². The summed E-state index contributed by atoms with van der Waals surface area (Å²) in [6.45, 7) is 20.8. The van der Waals surface area contributed by atoms with Crippen molar-refractivity contribution in [2.75, 3.05) is 12.3 Å². The number of fused-ring (bicyclic) bond motifs is 6. The molecular formula is C46H67N7O8S2. The molecule has 5 atom stereocenters. The number of thiazole rings is 1. The van der Waals surface area contributed by atoms with Crippen LogP contribution in [0.4, 0.5) is 4.79 Å². The highest BCUT2D eigenvalue weighted by Crippen LogP contribution is 2.47. The molecule has 1 aromatic carbocycles. The number of allylic oxidation sites excluding steroid dienone is 2. The Kier molecular flexibility index (Phi) is 14.1. The second-order valence-electron chi connectivity index (χ2n) is 20.0. The SMILES string of the molecule is CC[C@@H]1C[C@@]12NC(=O)[C@@H]1C[C@H](CN1C(=O)[C@@H](NC(=O)OC(C)(C)C)C(C)(C)C)Oc1nc3c(cccc3n1C(C)C)-c1nc(C(C)C)c(s1)CCC=CCCCCS(=O)(=O)NC2=O. The largest absolute Gasteiger partial charge is 0.459 e. The third-order valence-corrected chi connectivity index (χ3v) is 14.4. The van der Waals surface area contributed by atoms with Crippen LogP contribution in [0.25, 0.3) is 21.6 Å². The van der Waals surface area contributed by atoms with E-state index in [-0.39, 0.29) is 43.0 Å². The normalized spacial score (nSPS) is 24.1. The first kappa shape index (κ1) is 48.0. The van der Waals surface area contributed by atoms with Gasteiger partial charge in [-0.3, -0.25) is 23.7 Å². The molecular weight excluding hydrogens is 843 g/mol. The molecule has 1 aliphatic carbocycles. The Bertz CT molecular complexity index is 2340. The van der Waals surface area contributed by atoms with Crippen molar-refractivity contribution in [3.05, 3.63) is 40.9 Å². The maximum atomic E-state index is 14.8. The maximum absolute atomic E-state index is 14.8. The summed E-state index contributed by atoms with van der Waals surface area (Å²) in [5.74, 6) is -2.30. The summed E-state index contributed by atoms with van der Waals surface area (Å²) in [7, 11) is -4.02. The second-order valence-corrected chi connectivity index (χ2v) is 22.9. The van der Waals surface area contributed by atoms with Gasteiger partial charge in [-0.05, 0) is 103 Å². The lowest BCUT2D eigenvalue weighted by molar-refractivity contribution is -0.143. The molecule has 0 unspecified atom stereocenters. The summed E-state index contributed by atoms with van der Waals surface area (Å²) in [6, 6.07) is 3.98. The first-order chi connectivity index (χ1) is 29.4. The Morgan fingerprint density at radius 3 is 2.40 bits per heavy atom. The van der Waals surface area contributed by atoms with Gasteiger partial charge >= 0.3 is 6.09 Å². The topological polar surface area (TPSA) is 191 Å². The Balaban J connectivity index is 1.43. The van der Waals surface area contributed by atoms with E-state index < -0.39 is 68.6 Å². The van der Waals surface area contributed by atoms with Crippen molar-refractivity contribution in [3.8, 4) is 16.6 Å². The van der Waals surface area contributed by atoms with Crippen LogP contribution in [0, 0.1) is 11.3 Å². The summed E-state index contributed by atoms with van der Waals surface area (Å²) in [5, 5.41) is 6.54. The molecule has 3 aliphatic rings. The molecule has 6 rings (SSSR count). The van der Waals surface area contributed by atoms with Crippen molar-refractivity contribution in [2.24, 2.45) is 11.3 Å². The van der Waals surface area contributed by atoms with Crippen LogP contribution >= 0.6 is 11.3 Å². The molecule has 1 saturated heterocycles. The van der Waals surface area contributed by atoms with Gasteiger partial charge in [0.25, 0.3) is 11.9 Å². The lowest BCUT2D eigenvalue weighted by Crippen LogP contribution is -2.60. The Morgan fingerprint density at radius 1 is 1.05 bits per heavy atom. The minimum absolute atomic E-state index is 0.0312. The third-order valence-electron chi connectivity index (χ3n) is 11.9. The van der Waals surface area contributed by atoms with Crippen LogP contribution in [0.5, 0.6) is 6.01 Å². The molecule has 0 radical (unpaired) electrons. The minimum atomic E-state index is -4.02. The highest BCUT2D eigenvalue weighted by molar-refractivity contribution is 7.90. The molecule has 3 aromatic rings. The summed E-state index contributed by atoms with van der Waals surface area (Å²) < 4.78 is 43.1. The van der Waals surface area contributed by atoms with Crippen molar-refractivity contribution in [1.29, 1.82) is 0 Å². The van der Waals surface area contributed by atoms with E-state index in [0.717, 1.165) is 40.1 Å². The Labute approximate surface area is 376 Å². The van der Waals surface area contributed by atoms with Gasteiger partial charge < -0.3 is 25.0 Å². The molecule has 2 aromatic heterocycles. The monoisotopic (exact) mass is 909 g/mol. The summed E-state index contributed by atoms with van der Waals surface area (Å²) in [5.41, 5.74) is 0.356. The first-order valence-corrected chi connectivity index (χ1v) is 24.9. The summed E-state index contributed by atoms with van der Waals surface area (Å²) in [6.07, 6.45) is 6.75. The van der Waals surface area contributed by atoms with E-state index in [1.807, 2.05) is 64.3 Å². The van der Waals surface area contributed by atoms with Crippen molar-refractivity contribution in [1.82, 2.24) is 34.8 Å². The number of ether oxygens (including phenoxy) is 2. The number of hydrogen-bond donors (Lipinski definition) is 3. The quantitative estimate of drug-likeness (QED) is 0.216. The average Bonchev–Trinajstić information content (AvgIpc) is 3.45. The van der Waals surface area contributed by atoms with Gasteiger partial charge in [0.05, 0.1) is 23.5 Å². The maximum Gasteiger partial charge on any atom is 0.408 e. The highest BCUT2D eigenvalue weighted by atomic mass is 32.2. The fourth-order valence-corrected chi connectivity index (χ4v) is 11.0. The molecule has 4 amide bonds. The number of aromatic nitrogens is 3. The van der Waals surface area contributed by atoms with Gasteiger partial charge in [0.2, 0.25) is 21.8 Å². The van der Waals surface area contributed by atoms with Gasteiger partial charge in [0.1, 0.15) is 39.9 Å². The number of nitrogens with zero attached hydrogens (tertiary/aromatic N) is 4. The van der Waals surface area contributed by atoms with Crippen LogP contribution in [0.1, 0.15) is 144 Å². The number of hydrogen-bond acceptors (Lipinski definition) is 11. The molecule has 6 bridgehead atoms. The van der Waals surface area contributed by atoms with Gasteiger partial charge in [0.15, 0.2) is 0 Å². The van der Waals surface area contributed by atoms with Crippen molar-refractivity contribution < 1.29 is 37.1 Å². The number of amides is 4. The number of rotatable bonds is 5. The number of carbonyl (C=O) groups excluding carboxylic acids is 4. The zero-order valence-corrected chi connectivity index (χ0v) is 40.4. The Hall–Kier alpha value is -4.51. The fourth-order valence-electron chi connectivity index (χ4n) is 8.62. The van der Waals surface area contributed by atoms with Gasteiger partial charge in [-0.2, -0.15) is 4.98 Å².